The van der Waals surface area contributed by atoms with Crippen molar-refractivity contribution in [1.82, 2.24) is 9.97 Å². The fourth-order valence-corrected chi connectivity index (χ4v) is 2.99. The van der Waals surface area contributed by atoms with E-state index in [4.69, 9.17) is 0 Å². The van der Waals surface area contributed by atoms with E-state index in [1.54, 1.807) is 6.33 Å². The number of hydrogen-bond acceptors (Lipinski definition) is 4. The van der Waals surface area contributed by atoms with E-state index in [-0.39, 0.29) is 0 Å². The summed E-state index contributed by atoms with van der Waals surface area (Å²) in [6.07, 6.45) is 9.35. The molecule has 2 rings (SSSR count). The molecule has 1 fully saturated rings. The van der Waals surface area contributed by atoms with Crippen molar-refractivity contribution >= 4 is 11.6 Å². The van der Waals surface area contributed by atoms with Gasteiger partial charge in [0.15, 0.2) is 0 Å². The van der Waals surface area contributed by atoms with Crippen LogP contribution in [0.15, 0.2) is 6.33 Å². The quantitative estimate of drug-likeness (QED) is 0.853. The Balaban J connectivity index is 2.06. The molecule has 106 valence electrons. The second-order valence-electron chi connectivity index (χ2n) is 5.88. The molecule has 0 spiro atoms. The fraction of sp³-hybridized carbons (Fsp3) is 0.733. The Kier molecular flexibility index (Phi) is 4.61. The summed E-state index contributed by atoms with van der Waals surface area (Å²) in [5, 5.41) is 6.70. The molecule has 19 heavy (non-hydrogen) atoms. The van der Waals surface area contributed by atoms with Gasteiger partial charge in [0, 0.05) is 19.2 Å². The number of rotatable bonds is 5. The number of hydrogen-bond donors (Lipinski definition) is 2. The van der Waals surface area contributed by atoms with Gasteiger partial charge in [0.1, 0.15) is 18.0 Å². The lowest BCUT2D eigenvalue weighted by Gasteiger charge is -2.34. The number of nitrogens with zero attached hydrogens (tertiary/aromatic N) is 2. The average Bonchev–Trinajstić information content (AvgIpc) is 2.45. The molecule has 0 amide bonds. The van der Waals surface area contributed by atoms with Gasteiger partial charge >= 0.3 is 0 Å². The van der Waals surface area contributed by atoms with E-state index in [9.17, 15) is 0 Å². The third-order valence-electron chi connectivity index (χ3n) is 4.28. The molecule has 0 bridgehead atoms. The summed E-state index contributed by atoms with van der Waals surface area (Å²) >= 11 is 0. The highest BCUT2D eigenvalue weighted by Gasteiger charge is 2.26. The zero-order valence-electron chi connectivity index (χ0n) is 12.4. The van der Waals surface area contributed by atoms with Crippen molar-refractivity contribution in [2.45, 2.75) is 52.4 Å². The summed E-state index contributed by atoms with van der Waals surface area (Å²) in [7, 11) is 1.91. The maximum Gasteiger partial charge on any atom is 0.134 e. The van der Waals surface area contributed by atoms with E-state index in [2.05, 4.69) is 34.4 Å². The second kappa shape index (κ2) is 6.22. The normalized spacial score (nSPS) is 18.1. The van der Waals surface area contributed by atoms with E-state index < -0.39 is 0 Å². The van der Waals surface area contributed by atoms with Gasteiger partial charge in [-0.05, 0) is 24.7 Å². The molecular formula is C15H26N4. The molecule has 0 saturated heterocycles. The molecule has 1 aliphatic carbocycles. The molecule has 4 heteroatoms. The lowest BCUT2D eigenvalue weighted by Crippen LogP contribution is -2.29. The summed E-state index contributed by atoms with van der Waals surface area (Å²) in [5.74, 6) is 1.93. The number of aromatic nitrogens is 2. The summed E-state index contributed by atoms with van der Waals surface area (Å²) in [5.41, 5.74) is 1.61. The van der Waals surface area contributed by atoms with Crippen LogP contribution in [0.5, 0.6) is 0 Å². The highest BCUT2D eigenvalue weighted by Crippen LogP contribution is 2.36. The summed E-state index contributed by atoms with van der Waals surface area (Å²) in [6.45, 7) is 5.55. The molecule has 2 N–H and O–H groups in total. The van der Waals surface area contributed by atoms with E-state index >= 15 is 0 Å². The molecule has 0 radical (unpaired) electrons. The van der Waals surface area contributed by atoms with E-state index in [1.807, 2.05) is 7.05 Å². The van der Waals surface area contributed by atoms with Gasteiger partial charge in [-0.25, -0.2) is 9.97 Å². The highest BCUT2D eigenvalue weighted by atomic mass is 15.1. The van der Waals surface area contributed by atoms with Gasteiger partial charge in [0.2, 0.25) is 0 Å². The number of anilines is 2. The lowest BCUT2D eigenvalue weighted by molar-refractivity contribution is 0.233. The Hall–Kier alpha value is -1.32. The predicted octanol–water partition coefficient (Wildman–Crippen LogP) is 3.46. The molecule has 0 aliphatic heterocycles. The summed E-state index contributed by atoms with van der Waals surface area (Å²) in [4.78, 5) is 8.69. The molecule has 0 aromatic carbocycles. The van der Waals surface area contributed by atoms with E-state index in [1.165, 1.54) is 37.7 Å². The topological polar surface area (TPSA) is 49.8 Å². The van der Waals surface area contributed by atoms with Crippen LogP contribution in [0.3, 0.4) is 0 Å². The SMILES string of the molecule is CCc1c(NC)ncnc1NCC1(C)CCCCC1. The highest BCUT2D eigenvalue weighted by molar-refractivity contribution is 5.57. The zero-order valence-corrected chi connectivity index (χ0v) is 12.4. The third kappa shape index (κ3) is 3.37. The van der Waals surface area contributed by atoms with Crippen molar-refractivity contribution < 1.29 is 0 Å². The second-order valence-corrected chi connectivity index (χ2v) is 5.88. The first-order chi connectivity index (χ1) is 9.18. The van der Waals surface area contributed by atoms with Crippen molar-refractivity contribution in [3.05, 3.63) is 11.9 Å². The van der Waals surface area contributed by atoms with Crippen LogP contribution in [0.4, 0.5) is 11.6 Å². The van der Waals surface area contributed by atoms with E-state index in [0.717, 1.165) is 24.6 Å². The van der Waals surface area contributed by atoms with Crippen LogP contribution in [0.25, 0.3) is 0 Å². The van der Waals surface area contributed by atoms with Gasteiger partial charge in [-0.2, -0.15) is 0 Å². The first kappa shape index (κ1) is 14.1. The smallest absolute Gasteiger partial charge is 0.134 e. The standard InChI is InChI=1S/C15H26N4/c1-4-12-13(16-3)18-11-19-14(12)17-10-15(2)8-6-5-7-9-15/h11H,4-10H2,1-3H3,(H2,16,17,18,19). The van der Waals surface area contributed by atoms with Crippen molar-refractivity contribution in [2.24, 2.45) is 5.41 Å². The van der Waals surface area contributed by atoms with Crippen molar-refractivity contribution in [2.75, 3.05) is 24.2 Å². The van der Waals surface area contributed by atoms with Crippen molar-refractivity contribution in [3.63, 3.8) is 0 Å². The Morgan fingerprint density at radius 3 is 2.47 bits per heavy atom. The molecule has 1 saturated carbocycles. The van der Waals surface area contributed by atoms with Crippen molar-refractivity contribution in [3.8, 4) is 0 Å². The largest absolute Gasteiger partial charge is 0.373 e. The first-order valence-electron chi connectivity index (χ1n) is 7.44. The molecular weight excluding hydrogens is 236 g/mol. The summed E-state index contributed by atoms with van der Waals surface area (Å²) < 4.78 is 0. The zero-order chi connectivity index (χ0) is 13.7. The molecule has 4 nitrogen and oxygen atoms in total. The fourth-order valence-electron chi connectivity index (χ4n) is 2.99. The van der Waals surface area contributed by atoms with Gasteiger partial charge in [-0.15, -0.1) is 0 Å². The van der Waals surface area contributed by atoms with Gasteiger partial charge < -0.3 is 10.6 Å². The Bertz CT molecular complexity index is 411. The first-order valence-corrected chi connectivity index (χ1v) is 7.44. The maximum atomic E-state index is 4.41. The van der Waals surface area contributed by atoms with Crippen molar-refractivity contribution in [1.29, 1.82) is 0 Å². The van der Waals surface area contributed by atoms with E-state index in [0.29, 0.717) is 5.41 Å². The summed E-state index contributed by atoms with van der Waals surface area (Å²) in [6, 6.07) is 0. The maximum absolute atomic E-state index is 4.41. The van der Waals surface area contributed by atoms with Gasteiger partial charge in [0.25, 0.3) is 0 Å². The van der Waals surface area contributed by atoms with Gasteiger partial charge in [-0.3, -0.25) is 0 Å². The van der Waals surface area contributed by atoms with Crippen LogP contribution in [-0.4, -0.2) is 23.6 Å². The molecule has 1 aliphatic rings. The Morgan fingerprint density at radius 2 is 1.84 bits per heavy atom. The van der Waals surface area contributed by atoms with Crippen LogP contribution >= 0.6 is 0 Å². The third-order valence-corrected chi connectivity index (χ3v) is 4.28. The van der Waals surface area contributed by atoms with Gasteiger partial charge in [-0.1, -0.05) is 33.1 Å². The van der Waals surface area contributed by atoms with Gasteiger partial charge in [0.05, 0.1) is 0 Å². The molecule has 1 heterocycles. The monoisotopic (exact) mass is 262 g/mol. The molecule has 0 unspecified atom stereocenters. The number of nitrogens with one attached hydrogen (secondary N) is 2. The lowest BCUT2D eigenvalue weighted by atomic mass is 9.76. The van der Waals surface area contributed by atoms with Crippen LogP contribution < -0.4 is 10.6 Å². The minimum absolute atomic E-state index is 0.425. The van der Waals surface area contributed by atoms with Crippen LogP contribution in [0, 0.1) is 5.41 Å². The molecule has 1 aromatic rings. The van der Waals surface area contributed by atoms with Crippen LogP contribution in [0.2, 0.25) is 0 Å². The molecule has 0 atom stereocenters. The van der Waals surface area contributed by atoms with Crippen LogP contribution in [-0.2, 0) is 6.42 Å². The minimum atomic E-state index is 0.425. The predicted molar refractivity (Wildman–Crippen MR) is 80.6 cm³/mol. The Labute approximate surface area is 116 Å². The Morgan fingerprint density at radius 1 is 1.16 bits per heavy atom. The minimum Gasteiger partial charge on any atom is -0.373 e. The van der Waals surface area contributed by atoms with Crippen LogP contribution in [0.1, 0.15) is 51.5 Å². The molecule has 1 aromatic heterocycles. The average molecular weight is 262 g/mol.